The van der Waals surface area contributed by atoms with Crippen molar-refractivity contribution in [3.8, 4) is 0 Å². The molecule has 0 aliphatic carbocycles. The van der Waals surface area contributed by atoms with Crippen molar-refractivity contribution in [3.63, 3.8) is 0 Å². The molecule has 0 unspecified atom stereocenters. The van der Waals surface area contributed by atoms with Gasteiger partial charge in [0, 0.05) is 0 Å². The van der Waals surface area contributed by atoms with Gasteiger partial charge in [-0.2, -0.15) is 13.2 Å². The molecule has 0 aliphatic rings. The van der Waals surface area contributed by atoms with Crippen LogP contribution in [0.2, 0.25) is 0 Å². The first-order valence-corrected chi connectivity index (χ1v) is 6.83. The summed E-state index contributed by atoms with van der Waals surface area (Å²) in [4.78, 5) is 17.8. The molecule has 0 radical (unpaired) electrons. The van der Waals surface area contributed by atoms with E-state index in [4.69, 9.17) is 0 Å². The Hall–Kier alpha value is -2.83. The van der Waals surface area contributed by atoms with Crippen LogP contribution in [0.4, 0.5) is 18.9 Å². The van der Waals surface area contributed by atoms with Gasteiger partial charge in [-0.3, -0.25) is 4.79 Å². The Morgan fingerprint density at radius 1 is 1.09 bits per heavy atom. The third-order valence-electron chi connectivity index (χ3n) is 3.26. The third kappa shape index (κ3) is 3.33. The Morgan fingerprint density at radius 2 is 1.83 bits per heavy atom. The number of carbonyl (C=O) groups is 1. The summed E-state index contributed by atoms with van der Waals surface area (Å²) in [6.45, 7) is 0. The number of benzene rings is 2. The fourth-order valence-electron chi connectivity index (χ4n) is 2.24. The Balaban J connectivity index is 1.85. The van der Waals surface area contributed by atoms with Gasteiger partial charge in [-0.25, -0.2) is 4.98 Å². The van der Waals surface area contributed by atoms with Gasteiger partial charge in [0.2, 0.25) is 11.7 Å². The number of alkyl halides is 3. The molecule has 0 spiro atoms. The van der Waals surface area contributed by atoms with Crippen LogP contribution in [-0.2, 0) is 17.4 Å². The van der Waals surface area contributed by atoms with Gasteiger partial charge in [0.05, 0.1) is 17.6 Å². The Labute approximate surface area is 129 Å². The molecule has 3 rings (SSSR count). The van der Waals surface area contributed by atoms with Crippen molar-refractivity contribution in [1.29, 1.82) is 0 Å². The summed E-state index contributed by atoms with van der Waals surface area (Å²) in [5, 5.41) is 2.61. The lowest BCUT2D eigenvalue weighted by atomic mass is 10.1. The highest BCUT2D eigenvalue weighted by Crippen LogP contribution is 2.30. The van der Waals surface area contributed by atoms with Crippen LogP contribution >= 0.6 is 0 Å². The number of halogens is 3. The van der Waals surface area contributed by atoms with Crippen LogP contribution in [0, 0.1) is 0 Å². The van der Waals surface area contributed by atoms with Crippen molar-refractivity contribution in [2.75, 3.05) is 5.32 Å². The molecular formula is C16H12F3N3O. The SMILES string of the molecule is O=C(Cc1ccccc1)Nc1cccc2[nH]c(C(F)(F)F)nc12. The molecule has 4 nitrogen and oxygen atoms in total. The minimum atomic E-state index is -4.57. The lowest BCUT2D eigenvalue weighted by Gasteiger charge is -2.06. The molecule has 0 bridgehead atoms. The molecule has 1 heterocycles. The second-order valence-corrected chi connectivity index (χ2v) is 5.00. The number of imidazole rings is 1. The van der Waals surface area contributed by atoms with Crippen LogP contribution in [0.3, 0.4) is 0 Å². The van der Waals surface area contributed by atoms with Crippen molar-refractivity contribution < 1.29 is 18.0 Å². The van der Waals surface area contributed by atoms with E-state index >= 15 is 0 Å². The van der Waals surface area contributed by atoms with Crippen molar-refractivity contribution in [1.82, 2.24) is 9.97 Å². The summed E-state index contributed by atoms with van der Waals surface area (Å²) in [7, 11) is 0. The van der Waals surface area contributed by atoms with Gasteiger partial charge in [0.1, 0.15) is 5.52 Å². The molecule has 2 N–H and O–H groups in total. The number of aromatic nitrogens is 2. The number of nitrogens with zero attached hydrogens (tertiary/aromatic N) is 1. The number of H-pyrrole nitrogens is 1. The van der Waals surface area contributed by atoms with Gasteiger partial charge in [0.25, 0.3) is 0 Å². The van der Waals surface area contributed by atoms with E-state index in [0.717, 1.165) is 5.56 Å². The number of para-hydroxylation sites is 1. The van der Waals surface area contributed by atoms with E-state index in [1.54, 1.807) is 18.2 Å². The maximum Gasteiger partial charge on any atom is 0.449 e. The molecule has 1 aromatic heterocycles. The van der Waals surface area contributed by atoms with Crippen LogP contribution in [0.15, 0.2) is 48.5 Å². The fraction of sp³-hybridized carbons (Fsp3) is 0.125. The van der Waals surface area contributed by atoms with E-state index in [0.29, 0.717) is 0 Å². The second kappa shape index (κ2) is 5.75. The van der Waals surface area contributed by atoms with E-state index in [-0.39, 0.29) is 29.0 Å². The highest BCUT2D eigenvalue weighted by Gasteiger charge is 2.35. The average molecular weight is 319 g/mol. The summed E-state index contributed by atoms with van der Waals surface area (Å²) in [5.41, 5.74) is 1.36. The molecular weight excluding hydrogens is 307 g/mol. The predicted molar refractivity (Wildman–Crippen MR) is 79.9 cm³/mol. The summed E-state index contributed by atoms with van der Waals surface area (Å²) in [5.74, 6) is -1.41. The number of aromatic amines is 1. The molecule has 118 valence electrons. The number of hydrogen-bond donors (Lipinski definition) is 2. The summed E-state index contributed by atoms with van der Waals surface area (Å²) >= 11 is 0. The molecule has 1 amide bonds. The number of rotatable bonds is 3. The van der Waals surface area contributed by atoms with Gasteiger partial charge in [-0.05, 0) is 17.7 Å². The van der Waals surface area contributed by atoms with Crippen molar-refractivity contribution in [3.05, 3.63) is 59.9 Å². The topological polar surface area (TPSA) is 57.8 Å². The Morgan fingerprint density at radius 3 is 2.52 bits per heavy atom. The molecule has 0 atom stereocenters. The van der Waals surface area contributed by atoms with Crippen molar-refractivity contribution in [2.45, 2.75) is 12.6 Å². The first-order chi connectivity index (χ1) is 10.9. The molecule has 3 aromatic rings. The highest BCUT2D eigenvalue weighted by molar-refractivity contribution is 6.00. The summed E-state index contributed by atoms with van der Waals surface area (Å²) < 4.78 is 38.2. The number of carbonyl (C=O) groups excluding carboxylic acids is 1. The number of nitrogens with one attached hydrogen (secondary N) is 2. The molecule has 0 fully saturated rings. The van der Waals surface area contributed by atoms with E-state index in [2.05, 4.69) is 15.3 Å². The van der Waals surface area contributed by atoms with Crippen LogP contribution in [0.25, 0.3) is 11.0 Å². The zero-order valence-corrected chi connectivity index (χ0v) is 11.8. The van der Waals surface area contributed by atoms with E-state index < -0.39 is 12.0 Å². The maximum atomic E-state index is 12.7. The smallest absolute Gasteiger partial charge is 0.334 e. The Kier molecular flexibility index (Phi) is 3.77. The highest BCUT2D eigenvalue weighted by atomic mass is 19.4. The first-order valence-electron chi connectivity index (χ1n) is 6.83. The number of amides is 1. The van der Waals surface area contributed by atoms with Gasteiger partial charge in [-0.1, -0.05) is 36.4 Å². The van der Waals surface area contributed by atoms with Gasteiger partial charge in [0.15, 0.2) is 0 Å². The predicted octanol–water partition coefficient (Wildman–Crippen LogP) is 3.76. The zero-order valence-electron chi connectivity index (χ0n) is 11.8. The monoisotopic (exact) mass is 319 g/mol. The molecule has 23 heavy (non-hydrogen) atoms. The van der Waals surface area contributed by atoms with Crippen LogP contribution in [0.1, 0.15) is 11.4 Å². The average Bonchev–Trinajstić information content (AvgIpc) is 2.93. The number of hydrogen-bond acceptors (Lipinski definition) is 2. The van der Waals surface area contributed by atoms with Gasteiger partial charge < -0.3 is 10.3 Å². The van der Waals surface area contributed by atoms with Gasteiger partial charge in [-0.15, -0.1) is 0 Å². The zero-order chi connectivity index (χ0) is 16.4. The van der Waals surface area contributed by atoms with Crippen molar-refractivity contribution >= 4 is 22.6 Å². The van der Waals surface area contributed by atoms with Gasteiger partial charge >= 0.3 is 6.18 Å². The van der Waals surface area contributed by atoms with E-state index in [1.807, 2.05) is 18.2 Å². The molecule has 0 saturated carbocycles. The Bertz CT molecular complexity index is 841. The molecule has 2 aromatic carbocycles. The molecule has 0 aliphatic heterocycles. The quantitative estimate of drug-likeness (QED) is 0.772. The van der Waals surface area contributed by atoms with Crippen molar-refractivity contribution in [2.24, 2.45) is 0 Å². The lowest BCUT2D eigenvalue weighted by molar-refractivity contribution is -0.144. The maximum absolute atomic E-state index is 12.7. The van der Waals surface area contributed by atoms with Crippen LogP contribution < -0.4 is 5.32 Å². The third-order valence-corrected chi connectivity index (χ3v) is 3.26. The first kappa shape index (κ1) is 15.1. The normalized spacial score (nSPS) is 11.6. The largest absolute Gasteiger partial charge is 0.449 e. The number of anilines is 1. The fourth-order valence-corrected chi connectivity index (χ4v) is 2.24. The molecule has 7 heteroatoms. The van der Waals surface area contributed by atoms with E-state index in [9.17, 15) is 18.0 Å². The van der Waals surface area contributed by atoms with E-state index in [1.165, 1.54) is 12.1 Å². The summed E-state index contributed by atoms with van der Waals surface area (Å²) in [6, 6.07) is 13.6. The van der Waals surface area contributed by atoms with Crippen LogP contribution in [-0.4, -0.2) is 15.9 Å². The lowest BCUT2D eigenvalue weighted by Crippen LogP contribution is -2.14. The molecule has 0 saturated heterocycles. The second-order valence-electron chi connectivity index (χ2n) is 5.00. The van der Waals surface area contributed by atoms with Crippen LogP contribution in [0.5, 0.6) is 0 Å². The minimum absolute atomic E-state index is 0.0845. The number of fused-ring (bicyclic) bond motifs is 1. The standard InChI is InChI=1S/C16H12F3N3O/c17-16(18,19)15-21-12-8-4-7-11(14(12)22-15)20-13(23)9-10-5-2-1-3-6-10/h1-8H,9H2,(H,20,23)(H,21,22). The minimum Gasteiger partial charge on any atom is -0.334 e. The summed E-state index contributed by atoms with van der Waals surface area (Å²) in [6.07, 6.45) is -4.43.